The average Bonchev–Trinajstić information content (AvgIpc) is 2.29. The number of halogens is 2. The second kappa shape index (κ2) is 6.17. The molecule has 0 aliphatic rings. The quantitative estimate of drug-likeness (QED) is 0.849. The lowest BCUT2D eigenvalue weighted by atomic mass is 9.88. The van der Waals surface area contributed by atoms with E-state index in [0.29, 0.717) is 6.54 Å². The zero-order valence-electron chi connectivity index (χ0n) is 12.3. The van der Waals surface area contributed by atoms with Gasteiger partial charge in [0.25, 0.3) is 0 Å². The zero-order valence-corrected chi connectivity index (χ0v) is 12.3. The Morgan fingerprint density at radius 3 is 2.32 bits per heavy atom. The number of pyridine rings is 1. The first-order chi connectivity index (χ1) is 8.75. The van der Waals surface area contributed by atoms with Crippen LogP contribution in [0.1, 0.15) is 41.0 Å². The van der Waals surface area contributed by atoms with Crippen LogP contribution in [0, 0.1) is 17.0 Å². The number of hydrogen-bond acceptors (Lipinski definition) is 3. The molecule has 19 heavy (non-hydrogen) atoms. The molecule has 1 rings (SSSR count). The highest BCUT2D eigenvalue weighted by Gasteiger charge is 2.22. The molecule has 0 saturated carbocycles. The molecule has 0 aliphatic heterocycles. The van der Waals surface area contributed by atoms with Gasteiger partial charge in [-0.2, -0.15) is 0 Å². The van der Waals surface area contributed by atoms with Crippen LogP contribution in [0.15, 0.2) is 6.07 Å². The maximum atomic E-state index is 13.7. The van der Waals surface area contributed by atoms with E-state index < -0.39 is 11.6 Å². The summed E-state index contributed by atoms with van der Waals surface area (Å²) in [5.74, 6) is -1.16. The van der Waals surface area contributed by atoms with E-state index in [0.717, 1.165) is 12.5 Å². The summed E-state index contributed by atoms with van der Waals surface area (Å²) >= 11 is 0. The highest BCUT2D eigenvalue weighted by atomic mass is 19.1. The summed E-state index contributed by atoms with van der Waals surface area (Å²) in [5, 5.41) is 5.85. The molecule has 0 aliphatic carbocycles. The van der Waals surface area contributed by atoms with Gasteiger partial charge in [-0.05, 0) is 18.8 Å². The van der Waals surface area contributed by atoms with Gasteiger partial charge in [0.05, 0.1) is 0 Å². The molecule has 1 atom stereocenters. The Balaban J connectivity index is 2.94. The van der Waals surface area contributed by atoms with E-state index in [-0.39, 0.29) is 23.1 Å². The number of nitrogens with zero attached hydrogens (tertiary/aromatic N) is 1. The van der Waals surface area contributed by atoms with Crippen LogP contribution in [0.25, 0.3) is 0 Å². The molecule has 0 fully saturated rings. The van der Waals surface area contributed by atoms with Crippen LogP contribution in [-0.4, -0.2) is 17.6 Å². The zero-order chi connectivity index (χ0) is 14.6. The molecule has 3 nitrogen and oxygen atoms in total. The van der Waals surface area contributed by atoms with Gasteiger partial charge in [0.1, 0.15) is 0 Å². The number of aromatic nitrogens is 1. The summed E-state index contributed by atoms with van der Waals surface area (Å²) < 4.78 is 27.2. The first-order valence-corrected chi connectivity index (χ1v) is 6.62. The van der Waals surface area contributed by atoms with Gasteiger partial charge in [-0.3, -0.25) is 0 Å². The van der Waals surface area contributed by atoms with E-state index in [1.54, 1.807) is 0 Å². The fourth-order valence-electron chi connectivity index (χ4n) is 1.36. The maximum Gasteiger partial charge on any atom is 0.168 e. The minimum atomic E-state index is -0.671. The van der Waals surface area contributed by atoms with E-state index >= 15 is 0 Å². The predicted octanol–water partition coefficient (Wildman–Crippen LogP) is 4.03. The minimum absolute atomic E-state index is 0.0130. The van der Waals surface area contributed by atoms with E-state index in [1.807, 2.05) is 34.6 Å². The third-order valence-electron chi connectivity index (χ3n) is 3.12. The van der Waals surface area contributed by atoms with Gasteiger partial charge in [-0.1, -0.05) is 27.7 Å². The van der Waals surface area contributed by atoms with Gasteiger partial charge in [0.2, 0.25) is 0 Å². The Kier molecular flexibility index (Phi) is 5.09. The second-order valence-corrected chi connectivity index (χ2v) is 5.81. The molecule has 0 bridgehead atoms. The minimum Gasteiger partial charge on any atom is -0.368 e. The van der Waals surface area contributed by atoms with Crippen molar-refractivity contribution in [3.63, 3.8) is 0 Å². The van der Waals surface area contributed by atoms with Crippen molar-refractivity contribution in [3.05, 3.63) is 17.7 Å². The third-order valence-corrected chi connectivity index (χ3v) is 3.12. The van der Waals surface area contributed by atoms with Crippen molar-refractivity contribution in [1.82, 2.24) is 4.98 Å². The van der Waals surface area contributed by atoms with E-state index in [4.69, 9.17) is 0 Å². The summed E-state index contributed by atoms with van der Waals surface area (Å²) in [6.45, 7) is 10.6. The Morgan fingerprint density at radius 2 is 1.79 bits per heavy atom. The summed E-state index contributed by atoms with van der Waals surface area (Å²) in [7, 11) is 0. The summed E-state index contributed by atoms with van der Waals surface area (Å²) in [5.41, 5.74) is -0.0421. The van der Waals surface area contributed by atoms with E-state index in [9.17, 15) is 8.78 Å². The molecule has 0 aromatic carbocycles. The predicted molar refractivity (Wildman–Crippen MR) is 75.5 cm³/mol. The molecule has 5 heteroatoms. The standard InChI is InChI=1S/C14H23F2N3/c1-6-7-17-12-10(15)8-11(16)13(19-12)18-9(2)14(3,4)5/h8-9H,6-7H2,1-5H3,(H2,17,18,19). The Hall–Kier alpha value is -1.39. The summed E-state index contributed by atoms with van der Waals surface area (Å²) in [4.78, 5) is 3.99. The van der Waals surface area contributed by atoms with E-state index in [1.165, 1.54) is 0 Å². The molecule has 0 amide bonds. The smallest absolute Gasteiger partial charge is 0.168 e. The summed E-state index contributed by atoms with van der Waals surface area (Å²) in [6.07, 6.45) is 0.847. The maximum absolute atomic E-state index is 13.7. The fourth-order valence-corrected chi connectivity index (χ4v) is 1.36. The fraction of sp³-hybridized carbons (Fsp3) is 0.643. The molecule has 1 heterocycles. The van der Waals surface area contributed by atoms with Crippen LogP contribution in [0.3, 0.4) is 0 Å². The van der Waals surface area contributed by atoms with Gasteiger partial charge in [0.15, 0.2) is 23.3 Å². The molecular weight excluding hydrogens is 248 g/mol. The van der Waals surface area contributed by atoms with Gasteiger partial charge >= 0.3 is 0 Å². The summed E-state index contributed by atoms with van der Waals surface area (Å²) in [6, 6.07) is 0.877. The van der Waals surface area contributed by atoms with Crippen LogP contribution < -0.4 is 10.6 Å². The molecule has 0 spiro atoms. The van der Waals surface area contributed by atoms with E-state index in [2.05, 4.69) is 15.6 Å². The third kappa shape index (κ3) is 4.33. The Labute approximate surface area is 113 Å². The molecule has 2 N–H and O–H groups in total. The van der Waals surface area contributed by atoms with Crippen LogP contribution in [0.5, 0.6) is 0 Å². The monoisotopic (exact) mass is 271 g/mol. The molecule has 108 valence electrons. The first kappa shape index (κ1) is 15.7. The first-order valence-electron chi connectivity index (χ1n) is 6.62. The largest absolute Gasteiger partial charge is 0.368 e. The van der Waals surface area contributed by atoms with Crippen molar-refractivity contribution in [3.8, 4) is 0 Å². The Bertz CT molecular complexity index is 427. The molecular formula is C14H23F2N3. The molecule has 1 aromatic heterocycles. The van der Waals surface area contributed by atoms with Crippen molar-refractivity contribution in [2.45, 2.75) is 47.1 Å². The number of anilines is 2. The van der Waals surface area contributed by atoms with Crippen molar-refractivity contribution >= 4 is 11.6 Å². The van der Waals surface area contributed by atoms with Crippen LogP contribution in [-0.2, 0) is 0 Å². The molecule has 0 saturated heterocycles. The second-order valence-electron chi connectivity index (χ2n) is 5.81. The van der Waals surface area contributed by atoms with Crippen molar-refractivity contribution < 1.29 is 8.78 Å². The highest BCUT2D eigenvalue weighted by Crippen LogP contribution is 2.25. The van der Waals surface area contributed by atoms with Gasteiger partial charge in [-0.25, -0.2) is 13.8 Å². The van der Waals surface area contributed by atoms with Crippen molar-refractivity contribution in [1.29, 1.82) is 0 Å². The molecule has 0 radical (unpaired) electrons. The van der Waals surface area contributed by atoms with Crippen LogP contribution in [0.2, 0.25) is 0 Å². The Morgan fingerprint density at radius 1 is 1.21 bits per heavy atom. The molecule has 1 aromatic rings. The lowest BCUT2D eigenvalue weighted by molar-refractivity contribution is 0.357. The lowest BCUT2D eigenvalue weighted by Crippen LogP contribution is -2.31. The number of nitrogens with one attached hydrogen (secondary N) is 2. The normalized spacial score (nSPS) is 13.2. The average molecular weight is 271 g/mol. The van der Waals surface area contributed by atoms with Crippen LogP contribution in [0.4, 0.5) is 20.4 Å². The highest BCUT2D eigenvalue weighted by molar-refractivity contribution is 5.48. The van der Waals surface area contributed by atoms with Crippen molar-refractivity contribution in [2.75, 3.05) is 17.2 Å². The van der Waals surface area contributed by atoms with Gasteiger partial charge < -0.3 is 10.6 Å². The SMILES string of the molecule is CCCNc1nc(NC(C)C(C)(C)C)c(F)cc1F. The van der Waals surface area contributed by atoms with Gasteiger partial charge in [-0.15, -0.1) is 0 Å². The lowest BCUT2D eigenvalue weighted by Gasteiger charge is -2.28. The van der Waals surface area contributed by atoms with Gasteiger partial charge in [0, 0.05) is 18.7 Å². The molecule has 1 unspecified atom stereocenters. The topological polar surface area (TPSA) is 37.0 Å². The van der Waals surface area contributed by atoms with Crippen LogP contribution >= 0.6 is 0 Å². The van der Waals surface area contributed by atoms with Crippen molar-refractivity contribution in [2.24, 2.45) is 5.41 Å². The number of rotatable bonds is 5. The number of hydrogen-bond donors (Lipinski definition) is 2.